The van der Waals surface area contributed by atoms with E-state index < -0.39 is 0 Å². The van der Waals surface area contributed by atoms with Gasteiger partial charge in [0, 0.05) is 7.05 Å². The van der Waals surface area contributed by atoms with Crippen molar-refractivity contribution in [3.8, 4) is 5.88 Å². The zero-order valence-corrected chi connectivity index (χ0v) is 9.06. The summed E-state index contributed by atoms with van der Waals surface area (Å²) in [6, 6.07) is 1.54. The molecule has 14 heavy (non-hydrogen) atoms. The van der Waals surface area contributed by atoms with Crippen LogP contribution in [0.3, 0.4) is 0 Å². The van der Waals surface area contributed by atoms with Gasteiger partial charge in [-0.1, -0.05) is 23.2 Å². The number of hydrogen-bond donors (Lipinski definition) is 2. The summed E-state index contributed by atoms with van der Waals surface area (Å²) < 4.78 is 5.09. The van der Waals surface area contributed by atoms with Crippen molar-refractivity contribution in [1.29, 1.82) is 0 Å². The molecule has 0 spiro atoms. The number of aromatic nitrogens is 1. The van der Waals surface area contributed by atoms with Crippen molar-refractivity contribution in [3.05, 3.63) is 16.1 Å². The lowest BCUT2D eigenvalue weighted by molar-refractivity contribution is 0.197. The molecule has 0 radical (unpaired) electrons. The van der Waals surface area contributed by atoms with Gasteiger partial charge in [-0.2, -0.15) is 4.98 Å². The number of hydrogen-bond acceptors (Lipinski definition) is 4. The number of aliphatic hydroxyl groups is 1. The Morgan fingerprint density at radius 2 is 2.21 bits per heavy atom. The predicted octanol–water partition coefficient (Wildman–Crippen LogP) is 1.80. The second-order valence-corrected chi connectivity index (χ2v) is 3.24. The molecule has 1 aromatic heterocycles. The van der Waals surface area contributed by atoms with Gasteiger partial charge < -0.3 is 15.2 Å². The molecule has 2 N–H and O–H groups in total. The van der Waals surface area contributed by atoms with Crippen LogP contribution in [-0.4, -0.2) is 30.4 Å². The Bertz CT molecular complexity index is 320. The van der Waals surface area contributed by atoms with Gasteiger partial charge in [-0.05, 0) is 6.07 Å². The molecular weight excluding hydrogens is 227 g/mol. The van der Waals surface area contributed by atoms with E-state index in [1.807, 2.05) is 0 Å². The molecule has 1 heterocycles. The number of pyridine rings is 1. The first kappa shape index (κ1) is 11.4. The fraction of sp³-hybridized carbons (Fsp3) is 0.375. The van der Waals surface area contributed by atoms with Crippen molar-refractivity contribution in [2.45, 2.75) is 0 Å². The Morgan fingerprint density at radius 3 is 2.79 bits per heavy atom. The van der Waals surface area contributed by atoms with Crippen LogP contribution in [0.4, 0.5) is 5.82 Å². The van der Waals surface area contributed by atoms with Gasteiger partial charge in [0.05, 0.1) is 11.6 Å². The molecule has 0 amide bonds. The molecule has 0 saturated carbocycles. The number of nitrogens with one attached hydrogen (secondary N) is 1. The molecule has 0 aliphatic heterocycles. The van der Waals surface area contributed by atoms with Gasteiger partial charge in [0.2, 0.25) is 5.88 Å². The molecule has 0 atom stereocenters. The van der Waals surface area contributed by atoms with Crippen LogP contribution in [0.25, 0.3) is 0 Å². The third-order valence-electron chi connectivity index (χ3n) is 1.46. The monoisotopic (exact) mass is 236 g/mol. The first-order chi connectivity index (χ1) is 6.69. The van der Waals surface area contributed by atoms with E-state index in [4.69, 9.17) is 33.0 Å². The standard InChI is InChI=1S/C8H10Cl2N2O2/c1-11-7-5(9)4-6(10)8(12-7)14-3-2-13/h4,13H,2-3H2,1H3,(H,11,12). The number of anilines is 1. The van der Waals surface area contributed by atoms with Crippen molar-refractivity contribution >= 4 is 29.0 Å². The van der Waals surface area contributed by atoms with Gasteiger partial charge in [-0.25, -0.2) is 0 Å². The van der Waals surface area contributed by atoms with E-state index in [2.05, 4.69) is 10.3 Å². The number of aliphatic hydroxyl groups excluding tert-OH is 1. The van der Waals surface area contributed by atoms with Crippen LogP contribution in [0.5, 0.6) is 5.88 Å². The number of nitrogens with zero attached hydrogens (tertiary/aromatic N) is 1. The summed E-state index contributed by atoms with van der Waals surface area (Å²) in [7, 11) is 1.69. The van der Waals surface area contributed by atoms with E-state index in [0.29, 0.717) is 15.9 Å². The highest BCUT2D eigenvalue weighted by molar-refractivity contribution is 6.36. The van der Waals surface area contributed by atoms with Crippen molar-refractivity contribution in [2.24, 2.45) is 0 Å². The third kappa shape index (κ3) is 2.64. The molecule has 1 aromatic rings. The van der Waals surface area contributed by atoms with Gasteiger partial charge in [-0.3, -0.25) is 0 Å². The predicted molar refractivity (Wildman–Crippen MR) is 56.4 cm³/mol. The first-order valence-electron chi connectivity index (χ1n) is 3.96. The fourth-order valence-electron chi connectivity index (χ4n) is 0.869. The van der Waals surface area contributed by atoms with Gasteiger partial charge in [0.25, 0.3) is 0 Å². The van der Waals surface area contributed by atoms with E-state index in [0.717, 1.165) is 0 Å². The topological polar surface area (TPSA) is 54.4 Å². The van der Waals surface area contributed by atoms with Crippen LogP contribution in [0.2, 0.25) is 10.0 Å². The summed E-state index contributed by atoms with van der Waals surface area (Å²) in [5, 5.41) is 12.1. The highest BCUT2D eigenvalue weighted by atomic mass is 35.5. The molecule has 1 rings (SSSR count). The summed E-state index contributed by atoms with van der Waals surface area (Å²) in [6.07, 6.45) is 0. The van der Waals surface area contributed by atoms with Crippen molar-refractivity contribution in [2.75, 3.05) is 25.6 Å². The molecular formula is C8H10Cl2N2O2. The van der Waals surface area contributed by atoms with Gasteiger partial charge >= 0.3 is 0 Å². The molecule has 0 bridgehead atoms. The maximum Gasteiger partial charge on any atom is 0.234 e. The van der Waals surface area contributed by atoms with Crippen molar-refractivity contribution < 1.29 is 9.84 Å². The zero-order valence-electron chi connectivity index (χ0n) is 7.55. The van der Waals surface area contributed by atoms with Crippen LogP contribution >= 0.6 is 23.2 Å². The molecule has 6 heteroatoms. The highest BCUT2D eigenvalue weighted by Crippen LogP contribution is 2.30. The largest absolute Gasteiger partial charge is 0.474 e. The summed E-state index contributed by atoms with van der Waals surface area (Å²) in [5.41, 5.74) is 0. The maximum atomic E-state index is 8.56. The van der Waals surface area contributed by atoms with E-state index in [9.17, 15) is 0 Å². The molecule has 0 aliphatic rings. The van der Waals surface area contributed by atoms with E-state index >= 15 is 0 Å². The average Bonchev–Trinajstić information content (AvgIpc) is 2.17. The van der Waals surface area contributed by atoms with Crippen LogP contribution < -0.4 is 10.1 Å². The summed E-state index contributed by atoms with van der Waals surface area (Å²) in [6.45, 7) is 0.0625. The minimum absolute atomic E-state index is 0.0878. The Kier molecular flexibility index (Phi) is 4.25. The molecule has 0 unspecified atom stereocenters. The van der Waals surface area contributed by atoms with Crippen LogP contribution in [0, 0.1) is 0 Å². The lowest BCUT2D eigenvalue weighted by atomic mass is 10.4. The smallest absolute Gasteiger partial charge is 0.234 e. The second kappa shape index (κ2) is 5.24. The Balaban J connectivity index is 2.92. The molecule has 0 aliphatic carbocycles. The van der Waals surface area contributed by atoms with Gasteiger partial charge in [0.1, 0.15) is 17.4 Å². The van der Waals surface area contributed by atoms with Crippen molar-refractivity contribution in [3.63, 3.8) is 0 Å². The number of ether oxygens (including phenoxy) is 1. The number of halogens is 2. The lowest BCUT2D eigenvalue weighted by Gasteiger charge is -2.08. The average molecular weight is 237 g/mol. The Morgan fingerprint density at radius 1 is 1.50 bits per heavy atom. The highest BCUT2D eigenvalue weighted by Gasteiger charge is 2.08. The fourth-order valence-corrected chi connectivity index (χ4v) is 1.38. The molecule has 0 saturated heterocycles. The normalized spacial score (nSPS) is 10.0. The third-order valence-corrected chi connectivity index (χ3v) is 2.02. The minimum Gasteiger partial charge on any atom is -0.474 e. The zero-order chi connectivity index (χ0) is 10.6. The summed E-state index contributed by atoms with van der Waals surface area (Å²) >= 11 is 11.6. The second-order valence-electron chi connectivity index (χ2n) is 2.43. The molecule has 78 valence electrons. The van der Waals surface area contributed by atoms with Crippen LogP contribution in [-0.2, 0) is 0 Å². The van der Waals surface area contributed by atoms with Crippen molar-refractivity contribution in [1.82, 2.24) is 4.98 Å². The number of rotatable bonds is 4. The SMILES string of the molecule is CNc1nc(OCCO)c(Cl)cc1Cl. The first-order valence-corrected chi connectivity index (χ1v) is 4.72. The minimum atomic E-state index is -0.0878. The van der Waals surface area contributed by atoms with E-state index in [1.54, 1.807) is 7.05 Å². The summed E-state index contributed by atoms with van der Waals surface area (Å²) in [4.78, 5) is 4.02. The molecule has 0 aromatic carbocycles. The van der Waals surface area contributed by atoms with Crippen LogP contribution in [0.1, 0.15) is 0 Å². The summed E-state index contributed by atoms with van der Waals surface area (Å²) in [5.74, 6) is 0.749. The maximum absolute atomic E-state index is 8.56. The van der Waals surface area contributed by atoms with Crippen LogP contribution in [0.15, 0.2) is 6.07 Å². The Hall–Kier alpha value is -0.710. The Labute approximate surface area is 91.8 Å². The molecule has 0 fully saturated rings. The van der Waals surface area contributed by atoms with Gasteiger partial charge in [0.15, 0.2) is 0 Å². The van der Waals surface area contributed by atoms with E-state index in [1.165, 1.54) is 6.07 Å². The lowest BCUT2D eigenvalue weighted by Crippen LogP contribution is -2.05. The van der Waals surface area contributed by atoms with E-state index in [-0.39, 0.29) is 19.1 Å². The molecule has 4 nitrogen and oxygen atoms in total. The van der Waals surface area contributed by atoms with Gasteiger partial charge in [-0.15, -0.1) is 0 Å². The quantitative estimate of drug-likeness (QED) is 0.838.